The standard InChI is InChI=1S/C15H24N2O/c1-4-17(12(2)11-18-3)15-9-5-8-14-13(15)7-6-10-16-14/h5,8-9,12,16H,4,6-7,10-11H2,1-3H3. The second-order valence-corrected chi connectivity index (χ2v) is 4.92. The highest BCUT2D eigenvalue weighted by molar-refractivity contribution is 5.68. The van der Waals surface area contributed by atoms with Crippen LogP contribution in [0.2, 0.25) is 0 Å². The molecular weight excluding hydrogens is 224 g/mol. The van der Waals surface area contributed by atoms with Gasteiger partial charge in [-0.1, -0.05) is 6.07 Å². The maximum atomic E-state index is 5.29. The van der Waals surface area contributed by atoms with Gasteiger partial charge >= 0.3 is 0 Å². The lowest BCUT2D eigenvalue weighted by Crippen LogP contribution is -2.37. The summed E-state index contributed by atoms with van der Waals surface area (Å²) in [4.78, 5) is 2.44. The first kappa shape index (κ1) is 13.2. The normalized spacial score (nSPS) is 15.7. The second kappa shape index (κ2) is 6.10. The van der Waals surface area contributed by atoms with Crippen molar-refractivity contribution in [1.29, 1.82) is 0 Å². The number of methoxy groups -OCH3 is 1. The van der Waals surface area contributed by atoms with Gasteiger partial charge in [0.15, 0.2) is 0 Å². The van der Waals surface area contributed by atoms with Crippen molar-refractivity contribution in [2.45, 2.75) is 32.7 Å². The Labute approximate surface area is 110 Å². The maximum absolute atomic E-state index is 5.29. The molecule has 3 nitrogen and oxygen atoms in total. The molecule has 0 radical (unpaired) electrons. The Hall–Kier alpha value is -1.22. The van der Waals surface area contributed by atoms with Gasteiger partial charge in [-0.05, 0) is 44.4 Å². The van der Waals surface area contributed by atoms with E-state index < -0.39 is 0 Å². The number of nitrogens with one attached hydrogen (secondary N) is 1. The van der Waals surface area contributed by atoms with Crippen LogP contribution in [-0.4, -0.2) is 32.8 Å². The van der Waals surface area contributed by atoms with E-state index in [-0.39, 0.29) is 0 Å². The quantitative estimate of drug-likeness (QED) is 0.867. The lowest BCUT2D eigenvalue weighted by atomic mass is 10.00. The van der Waals surface area contributed by atoms with Crippen LogP contribution in [0.1, 0.15) is 25.8 Å². The van der Waals surface area contributed by atoms with Crippen LogP contribution in [-0.2, 0) is 11.2 Å². The van der Waals surface area contributed by atoms with Crippen LogP contribution in [0.3, 0.4) is 0 Å². The first-order valence-corrected chi connectivity index (χ1v) is 6.89. The van der Waals surface area contributed by atoms with Gasteiger partial charge in [0.1, 0.15) is 0 Å². The molecule has 0 amide bonds. The van der Waals surface area contributed by atoms with Gasteiger partial charge in [0.2, 0.25) is 0 Å². The Kier molecular flexibility index (Phi) is 4.48. The summed E-state index contributed by atoms with van der Waals surface area (Å²) < 4.78 is 5.29. The molecule has 1 atom stereocenters. The summed E-state index contributed by atoms with van der Waals surface area (Å²) in [6.07, 6.45) is 2.40. The molecule has 3 heteroatoms. The first-order chi connectivity index (χ1) is 8.77. The summed E-state index contributed by atoms with van der Waals surface area (Å²) in [6.45, 7) is 7.31. The number of likely N-dealkylation sites (N-methyl/N-ethyl adjacent to an activating group) is 1. The average Bonchev–Trinajstić information content (AvgIpc) is 2.40. The van der Waals surface area contributed by atoms with Crippen molar-refractivity contribution in [2.24, 2.45) is 0 Å². The number of hydrogen-bond donors (Lipinski definition) is 1. The zero-order chi connectivity index (χ0) is 13.0. The second-order valence-electron chi connectivity index (χ2n) is 4.92. The summed E-state index contributed by atoms with van der Waals surface area (Å²) in [5, 5.41) is 3.49. The number of benzene rings is 1. The number of ether oxygens (including phenoxy) is 1. The molecule has 0 fully saturated rings. The third-order valence-corrected chi connectivity index (χ3v) is 3.66. The number of nitrogens with zero attached hydrogens (tertiary/aromatic N) is 1. The molecule has 1 aliphatic rings. The number of fused-ring (bicyclic) bond motifs is 1. The van der Waals surface area contributed by atoms with Crippen molar-refractivity contribution >= 4 is 11.4 Å². The van der Waals surface area contributed by atoms with Crippen LogP contribution in [0.5, 0.6) is 0 Å². The highest BCUT2D eigenvalue weighted by Crippen LogP contribution is 2.32. The third kappa shape index (κ3) is 2.61. The fraction of sp³-hybridized carbons (Fsp3) is 0.600. The van der Waals surface area contributed by atoms with Crippen LogP contribution in [0.4, 0.5) is 11.4 Å². The highest BCUT2D eigenvalue weighted by atomic mass is 16.5. The lowest BCUT2D eigenvalue weighted by Gasteiger charge is -2.33. The Bertz CT molecular complexity index is 392. The fourth-order valence-electron chi connectivity index (χ4n) is 2.81. The molecular formula is C15H24N2O. The van der Waals surface area contributed by atoms with E-state index in [4.69, 9.17) is 4.74 Å². The molecule has 1 N–H and O–H groups in total. The minimum Gasteiger partial charge on any atom is -0.385 e. The van der Waals surface area contributed by atoms with Crippen molar-refractivity contribution in [1.82, 2.24) is 0 Å². The predicted octanol–water partition coefficient (Wildman–Crippen LogP) is 2.91. The average molecular weight is 248 g/mol. The van der Waals surface area contributed by atoms with Crippen molar-refractivity contribution in [3.8, 4) is 0 Å². The minimum absolute atomic E-state index is 0.411. The van der Waals surface area contributed by atoms with Gasteiger partial charge in [-0.3, -0.25) is 0 Å². The molecule has 1 unspecified atom stereocenters. The zero-order valence-corrected chi connectivity index (χ0v) is 11.7. The van der Waals surface area contributed by atoms with Crippen LogP contribution >= 0.6 is 0 Å². The SMILES string of the molecule is CCN(c1cccc2c1CCCN2)C(C)COC. The molecule has 0 aromatic heterocycles. The molecule has 0 aliphatic carbocycles. The smallest absolute Gasteiger partial charge is 0.0663 e. The maximum Gasteiger partial charge on any atom is 0.0663 e. The van der Waals surface area contributed by atoms with Gasteiger partial charge in [0, 0.05) is 37.6 Å². The zero-order valence-electron chi connectivity index (χ0n) is 11.7. The van der Waals surface area contributed by atoms with Gasteiger partial charge in [0.25, 0.3) is 0 Å². The van der Waals surface area contributed by atoms with Crippen molar-refractivity contribution in [3.05, 3.63) is 23.8 Å². The molecule has 0 bridgehead atoms. The van der Waals surface area contributed by atoms with Crippen molar-refractivity contribution < 1.29 is 4.74 Å². The molecule has 1 heterocycles. The molecule has 18 heavy (non-hydrogen) atoms. The van der Waals surface area contributed by atoms with Crippen LogP contribution in [0, 0.1) is 0 Å². The van der Waals surface area contributed by atoms with E-state index in [9.17, 15) is 0 Å². The van der Waals surface area contributed by atoms with Gasteiger partial charge in [-0.2, -0.15) is 0 Å². The Morgan fingerprint density at radius 2 is 2.28 bits per heavy atom. The minimum atomic E-state index is 0.411. The first-order valence-electron chi connectivity index (χ1n) is 6.89. The lowest BCUT2D eigenvalue weighted by molar-refractivity contribution is 0.182. The molecule has 1 aliphatic heterocycles. The van der Waals surface area contributed by atoms with E-state index in [2.05, 4.69) is 42.3 Å². The van der Waals surface area contributed by atoms with E-state index in [1.54, 1.807) is 7.11 Å². The highest BCUT2D eigenvalue weighted by Gasteiger charge is 2.19. The van der Waals surface area contributed by atoms with Crippen molar-refractivity contribution in [2.75, 3.05) is 37.0 Å². The molecule has 1 aromatic carbocycles. The molecule has 0 spiro atoms. The van der Waals surface area contributed by atoms with Gasteiger partial charge in [-0.25, -0.2) is 0 Å². The predicted molar refractivity (Wildman–Crippen MR) is 77.6 cm³/mol. The summed E-state index contributed by atoms with van der Waals surface area (Å²) >= 11 is 0. The van der Waals surface area contributed by atoms with E-state index in [1.807, 2.05) is 0 Å². The molecule has 0 saturated carbocycles. The molecule has 2 rings (SSSR count). The Morgan fingerprint density at radius 1 is 1.44 bits per heavy atom. The fourth-order valence-corrected chi connectivity index (χ4v) is 2.81. The van der Waals surface area contributed by atoms with Gasteiger partial charge in [-0.15, -0.1) is 0 Å². The van der Waals surface area contributed by atoms with E-state index >= 15 is 0 Å². The largest absolute Gasteiger partial charge is 0.385 e. The van der Waals surface area contributed by atoms with Gasteiger partial charge < -0.3 is 15.0 Å². The summed E-state index contributed by atoms with van der Waals surface area (Å²) in [5.74, 6) is 0. The van der Waals surface area contributed by atoms with Crippen LogP contribution in [0.15, 0.2) is 18.2 Å². The summed E-state index contributed by atoms with van der Waals surface area (Å²) in [6, 6.07) is 6.98. The van der Waals surface area contributed by atoms with E-state index in [0.717, 1.165) is 19.7 Å². The monoisotopic (exact) mass is 248 g/mol. The molecule has 0 saturated heterocycles. The number of hydrogen-bond acceptors (Lipinski definition) is 3. The van der Waals surface area contributed by atoms with Crippen LogP contribution in [0.25, 0.3) is 0 Å². The van der Waals surface area contributed by atoms with Crippen LogP contribution < -0.4 is 10.2 Å². The Balaban J connectivity index is 2.30. The molecule has 1 aromatic rings. The molecule has 100 valence electrons. The topological polar surface area (TPSA) is 24.5 Å². The summed E-state index contributed by atoms with van der Waals surface area (Å²) in [7, 11) is 1.77. The third-order valence-electron chi connectivity index (χ3n) is 3.66. The van der Waals surface area contributed by atoms with Gasteiger partial charge in [0.05, 0.1) is 6.61 Å². The number of anilines is 2. The summed E-state index contributed by atoms with van der Waals surface area (Å²) in [5.41, 5.74) is 4.14. The van der Waals surface area contributed by atoms with E-state index in [0.29, 0.717) is 6.04 Å². The Morgan fingerprint density at radius 3 is 3.00 bits per heavy atom. The number of rotatable bonds is 5. The van der Waals surface area contributed by atoms with Crippen molar-refractivity contribution in [3.63, 3.8) is 0 Å². The van der Waals surface area contributed by atoms with E-state index in [1.165, 1.54) is 29.8 Å².